The standard InChI is InChI=1S/C18H21N5O2/c1-11-4-5-13(8-14(11)9-19)18(24)23(3)10-16-15(6-7-25-16)17-20-12(2)21-22-17/h4-5,8,15-16H,6-7,10H2,1-3H3,(H,20,21,22)/t15-,16-/m1/s1. The van der Waals surface area contributed by atoms with Crippen molar-refractivity contribution in [1.29, 1.82) is 5.26 Å². The summed E-state index contributed by atoms with van der Waals surface area (Å²) in [6, 6.07) is 7.30. The van der Waals surface area contributed by atoms with Crippen LogP contribution in [0.4, 0.5) is 0 Å². The van der Waals surface area contributed by atoms with Crippen LogP contribution in [0.15, 0.2) is 18.2 Å². The van der Waals surface area contributed by atoms with Gasteiger partial charge < -0.3 is 9.64 Å². The number of amides is 1. The molecule has 1 N–H and O–H groups in total. The van der Waals surface area contributed by atoms with Crippen molar-refractivity contribution >= 4 is 5.91 Å². The van der Waals surface area contributed by atoms with E-state index in [4.69, 9.17) is 10.00 Å². The molecule has 3 rings (SSSR count). The molecule has 1 saturated heterocycles. The number of nitrogens with one attached hydrogen (secondary N) is 1. The first kappa shape index (κ1) is 17.1. The number of carbonyl (C=O) groups excluding carboxylic acids is 1. The van der Waals surface area contributed by atoms with Gasteiger partial charge in [0.1, 0.15) is 5.82 Å². The van der Waals surface area contributed by atoms with Crippen LogP contribution < -0.4 is 0 Å². The van der Waals surface area contributed by atoms with Crippen LogP contribution in [-0.2, 0) is 4.74 Å². The van der Waals surface area contributed by atoms with E-state index in [1.165, 1.54) is 0 Å². The third-order valence-electron chi connectivity index (χ3n) is 4.56. The molecule has 0 saturated carbocycles. The highest BCUT2D eigenvalue weighted by Gasteiger charge is 2.34. The Kier molecular flexibility index (Phi) is 4.81. The van der Waals surface area contributed by atoms with Crippen LogP contribution in [0.1, 0.15) is 45.5 Å². The molecule has 0 radical (unpaired) electrons. The highest BCUT2D eigenvalue weighted by molar-refractivity contribution is 5.94. The molecule has 1 aliphatic heterocycles. The highest BCUT2D eigenvalue weighted by Crippen LogP contribution is 2.29. The van der Waals surface area contributed by atoms with Crippen LogP contribution in [0, 0.1) is 25.2 Å². The number of aromatic amines is 1. The van der Waals surface area contributed by atoms with E-state index in [-0.39, 0.29) is 17.9 Å². The Morgan fingerprint density at radius 2 is 2.28 bits per heavy atom. The van der Waals surface area contributed by atoms with Crippen molar-refractivity contribution in [1.82, 2.24) is 20.1 Å². The lowest BCUT2D eigenvalue weighted by Crippen LogP contribution is -2.36. The van der Waals surface area contributed by atoms with Crippen molar-refractivity contribution in [2.45, 2.75) is 32.3 Å². The summed E-state index contributed by atoms with van der Waals surface area (Å²) in [5, 5.41) is 16.2. The molecule has 0 aliphatic carbocycles. The van der Waals surface area contributed by atoms with Crippen LogP contribution in [-0.4, -0.2) is 52.3 Å². The molecule has 0 spiro atoms. The Morgan fingerprint density at radius 3 is 2.96 bits per heavy atom. The van der Waals surface area contributed by atoms with E-state index in [2.05, 4.69) is 21.3 Å². The second-order valence-corrected chi connectivity index (χ2v) is 6.41. The van der Waals surface area contributed by atoms with E-state index in [9.17, 15) is 4.79 Å². The maximum atomic E-state index is 12.7. The molecule has 130 valence electrons. The van der Waals surface area contributed by atoms with E-state index in [0.29, 0.717) is 24.3 Å². The Morgan fingerprint density at radius 1 is 1.48 bits per heavy atom. The van der Waals surface area contributed by atoms with Crippen LogP contribution in [0.25, 0.3) is 0 Å². The number of ether oxygens (including phenoxy) is 1. The number of rotatable bonds is 4. The van der Waals surface area contributed by atoms with Gasteiger partial charge in [0, 0.05) is 25.8 Å². The molecule has 0 bridgehead atoms. The first-order valence-corrected chi connectivity index (χ1v) is 8.26. The molecule has 2 aromatic rings. The van der Waals surface area contributed by atoms with Crippen molar-refractivity contribution in [3.63, 3.8) is 0 Å². The van der Waals surface area contributed by atoms with E-state index in [0.717, 1.165) is 23.6 Å². The molecule has 1 amide bonds. The number of nitriles is 1. The summed E-state index contributed by atoms with van der Waals surface area (Å²) < 4.78 is 5.81. The highest BCUT2D eigenvalue weighted by atomic mass is 16.5. The lowest BCUT2D eigenvalue weighted by molar-refractivity contribution is 0.0550. The minimum atomic E-state index is -0.134. The maximum absolute atomic E-state index is 12.7. The van der Waals surface area contributed by atoms with Gasteiger partial charge in [-0.1, -0.05) is 6.07 Å². The van der Waals surface area contributed by atoms with E-state index >= 15 is 0 Å². The van der Waals surface area contributed by atoms with Crippen LogP contribution in [0.2, 0.25) is 0 Å². The Labute approximate surface area is 146 Å². The molecule has 0 unspecified atom stereocenters. The summed E-state index contributed by atoms with van der Waals surface area (Å²) in [5.41, 5.74) is 1.89. The number of hydrogen-bond donors (Lipinski definition) is 1. The average Bonchev–Trinajstić information content (AvgIpc) is 3.23. The molecule has 25 heavy (non-hydrogen) atoms. The molecule has 7 heteroatoms. The van der Waals surface area contributed by atoms with Gasteiger partial charge in [0.25, 0.3) is 5.91 Å². The molecule has 1 aromatic carbocycles. The van der Waals surface area contributed by atoms with Gasteiger partial charge in [0.15, 0.2) is 5.82 Å². The van der Waals surface area contributed by atoms with Crippen molar-refractivity contribution in [2.24, 2.45) is 0 Å². The summed E-state index contributed by atoms with van der Waals surface area (Å²) >= 11 is 0. The number of aryl methyl sites for hydroxylation is 2. The quantitative estimate of drug-likeness (QED) is 0.918. The summed E-state index contributed by atoms with van der Waals surface area (Å²) in [5.74, 6) is 1.46. The molecular formula is C18H21N5O2. The normalized spacial score (nSPS) is 19.6. The van der Waals surface area contributed by atoms with Gasteiger partial charge in [-0.05, 0) is 38.0 Å². The topological polar surface area (TPSA) is 94.9 Å². The summed E-state index contributed by atoms with van der Waals surface area (Å²) in [6.07, 6.45) is 0.706. The van der Waals surface area contributed by atoms with Gasteiger partial charge in [0.05, 0.1) is 23.7 Å². The number of aromatic nitrogens is 3. The zero-order chi connectivity index (χ0) is 18.0. The number of carbonyl (C=O) groups is 1. The first-order valence-electron chi connectivity index (χ1n) is 8.26. The minimum Gasteiger partial charge on any atom is -0.376 e. The van der Waals surface area contributed by atoms with E-state index in [1.807, 2.05) is 13.8 Å². The largest absolute Gasteiger partial charge is 0.376 e. The Balaban J connectivity index is 1.72. The smallest absolute Gasteiger partial charge is 0.253 e. The molecule has 1 fully saturated rings. The zero-order valence-corrected chi connectivity index (χ0v) is 14.6. The summed E-state index contributed by atoms with van der Waals surface area (Å²) in [4.78, 5) is 18.7. The predicted octanol–water partition coefficient (Wildman–Crippen LogP) is 1.94. The van der Waals surface area contributed by atoms with Crippen LogP contribution >= 0.6 is 0 Å². The van der Waals surface area contributed by atoms with Gasteiger partial charge >= 0.3 is 0 Å². The van der Waals surface area contributed by atoms with Gasteiger partial charge in [-0.25, -0.2) is 4.98 Å². The monoisotopic (exact) mass is 339 g/mol. The van der Waals surface area contributed by atoms with Crippen LogP contribution in [0.5, 0.6) is 0 Å². The third kappa shape index (κ3) is 3.54. The fourth-order valence-electron chi connectivity index (χ4n) is 3.10. The molecule has 1 aliphatic rings. The van der Waals surface area contributed by atoms with E-state index in [1.54, 1.807) is 30.1 Å². The molecule has 1 aromatic heterocycles. The van der Waals surface area contributed by atoms with Crippen molar-refractivity contribution < 1.29 is 9.53 Å². The van der Waals surface area contributed by atoms with Gasteiger partial charge in [-0.3, -0.25) is 9.89 Å². The summed E-state index contributed by atoms with van der Waals surface area (Å²) in [7, 11) is 1.75. The van der Waals surface area contributed by atoms with Crippen LogP contribution in [0.3, 0.4) is 0 Å². The fraction of sp³-hybridized carbons (Fsp3) is 0.444. The fourth-order valence-corrected chi connectivity index (χ4v) is 3.10. The number of benzene rings is 1. The van der Waals surface area contributed by atoms with Gasteiger partial charge in [-0.2, -0.15) is 10.4 Å². The molecular weight excluding hydrogens is 318 g/mol. The van der Waals surface area contributed by atoms with Crippen molar-refractivity contribution in [2.75, 3.05) is 20.2 Å². The van der Waals surface area contributed by atoms with Crippen molar-refractivity contribution in [3.8, 4) is 6.07 Å². The molecule has 2 heterocycles. The number of hydrogen-bond acceptors (Lipinski definition) is 5. The van der Waals surface area contributed by atoms with Gasteiger partial charge in [0.2, 0.25) is 0 Å². The number of nitrogens with zero attached hydrogens (tertiary/aromatic N) is 4. The second-order valence-electron chi connectivity index (χ2n) is 6.41. The lowest BCUT2D eigenvalue weighted by atomic mass is 10.00. The van der Waals surface area contributed by atoms with Crippen molar-refractivity contribution in [3.05, 3.63) is 46.5 Å². The average molecular weight is 339 g/mol. The third-order valence-corrected chi connectivity index (χ3v) is 4.56. The Hall–Kier alpha value is -2.72. The van der Waals surface area contributed by atoms with E-state index < -0.39 is 0 Å². The molecule has 2 atom stereocenters. The number of likely N-dealkylation sites (N-methyl/N-ethyl adjacent to an activating group) is 1. The zero-order valence-electron chi connectivity index (χ0n) is 14.6. The van der Waals surface area contributed by atoms with Gasteiger partial charge in [-0.15, -0.1) is 0 Å². The number of H-pyrrole nitrogens is 1. The maximum Gasteiger partial charge on any atom is 0.253 e. The first-order chi connectivity index (χ1) is 12.0. The minimum absolute atomic E-state index is 0.0767. The summed E-state index contributed by atoms with van der Waals surface area (Å²) in [6.45, 7) is 4.80. The predicted molar refractivity (Wildman–Crippen MR) is 91.1 cm³/mol. The lowest BCUT2D eigenvalue weighted by Gasteiger charge is -2.24. The Bertz CT molecular complexity index is 823. The molecule has 7 nitrogen and oxygen atoms in total. The second kappa shape index (κ2) is 7.03. The SMILES string of the molecule is Cc1nc([C@@H]2CCO[C@@H]2CN(C)C(=O)c2ccc(C)c(C#N)c2)n[nH]1.